The van der Waals surface area contributed by atoms with Crippen LogP contribution in [0, 0.1) is 5.82 Å². The number of benzene rings is 2. The summed E-state index contributed by atoms with van der Waals surface area (Å²) < 4.78 is 15.1. The number of hydrogen-bond donors (Lipinski definition) is 1. The third kappa shape index (κ3) is 3.72. The number of nitrogens with zero attached hydrogens (tertiary/aromatic N) is 3. The number of carbonyl (C=O) groups is 1. The van der Waals surface area contributed by atoms with Crippen LogP contribution in [0.15, 0.2) is 79.0 Å². The number of amides is 1. The normalized spacial score (nSPS) is 13.6. The van der Waals surface area contributed by atoms with Gasteiger partial charge in [0.15, 0.2) is 5.69 Å². The summed E-state index contributed by atoms with van der Waals surface area (Å²) in [5, 5.41) is 7.77. The summed E-state index contributed by atoms with van der Waals surface area (Å²) in [6.45, 7) is 0. The molecule has 1 aliphatic carbocycles. The number of aromatic nitrogens is 3. The maximum atomic E-state index is 13.4. The summed E-state index contributed by atoms with van der Waals surface area (Å²) in [5.41, 5.74) is 4.87. The van der Waals surface area contributed by atoms with Crippen molar-refractivity contribution in [1.82, 2.24) is 20.1 Å². The van der Waals surface area contributed by atoms with Crippen LogP contribution in [-0.2, 0) is 12.8 Å². The zero-order chi connectivity index (χ0) is 21.2. The van der Waals surface area contributed by atoms with Gasteiger partial charge in [0.25, 0.3) is 5.91 Å². The predicted octanol–water partition coefficient (Wildman–Crippen LogP) is 4.41. The molecule has 0 spiro atoms. The van der Waals surface area contributed by atoms with E-state index in [-0.39, 0.29) is 17.8 Å². The average Bonchev–Trinajstić information content (AvgIpc) is 3.42. The van der Waals surface area contributed by atoms with Crippen LogP contribution in [0.1, 0.15) is 45.5 Å². The first kappa shape index (κ1) is 19.2. The van der Waals surface area contributed by atoms with Gasteiger partial charge in [-0.1, -0.05) is 36.4 Å². The van der Waals surface area contributed by atoms with Gasteiger partial charge < -0.3 is 5.32 Å². The van der Waals surface area contributed by atoms with E-state index in [9.17, 15) is 9.18 Å². The minimum absolute atomic E-state index is 0.237. The standard InChI is InChI=1S/C25H21FN4O/c26-18-12-14-19(15-13-18)30-22-11-6-9-20(22)24(29-30)25(31)28-23(17-7-2-1-3-8-17)21-10-4-5-16-27-21/h1-5,7-8,10,12-16,23H,6,9,11H2,(H,28,31). The SMILES string of the molecule is O=C(NC(c1ccccc1)c1ccccn1)c1nn(-c2ccc(F)cc2)c2c1CCC2. The van der Waals surface area contributed by atoms with E-state index in [1.54, 1.807) is 23.0 Å². The lowest BCUT2D eigenvalue weighted by atomic mass is 10.0. The van der Waals surface area contributed by atoms with Gasteiger partial charge in [-0.15, -0.1) is 0 Å². The van der Waals surface area contributed by atoms with Crippen LogP contribution in [0.4, 0.5) is 4.39 Å². The molecule has 1 aliphatic rings. The molecular formula is C25H21FN4O. The summed E-state index contributed by atoms with van der Waals surface area (Å²) in [6.07, 6.45) is 4.34. The molecule has 0 saturated heterocycles. The molecular weight excluding hydrogens is 391 g/mol. The van der Waals surface area contributed by atoms with Gasteiger partial charge in [-0.3, -0.25) is 9.78 Å². The molecule has 5 rings (SSSR count). The third-order valence-corrected chi connectivity index (χ3v) is 5.61. The molecule has 4 aromatic rings. The molecule has 5 nitrogen and oxygen atoms in total. The first-order valence-corrected chi connectivity index (χ1v) is 10.3. The lowest BCUT2D eigenvalue weighted by molar-refractivity contribution is 0.0936. The van der Waals surface area contributed by atoms with E-state index in [1.165, 1.54) is 12.1 Å². The second-order valence-electron chi connectivity index (χ2n) is 7.59. The molecule has 0 radical (unpaired) electrons. The van der Waals surface area contributed by atoms with E-state index in [0.717, 1.165) is 47.5 Å². The summed E-state index contributed by atoms with van der Waals surface area (Å²) in [4.78, 5) is 17.8. The smallest absolute Gasteiger partial charge is 0.272 e. The summed E-state index contributed by atoms with van der Waals surface area (Å²) in [5.74, 6) is -0.537. The molecule has 31 heavy (non-hydrogen) atoms. The van der Waals surface area contributed by atoms with E-state index < -0.39 is 0 Å². The maximum absolute atomic E-state index is 13.4. The third-order valence-electron chi connectivity index (χ3n) is 5.61. The molecule has 0 bridgehead atoms. The van der Waals surface area contributed by atoms with Crippen molar-refractivity contribution in [2.75, 3.05) is 0 Å². The molecule has 0 fully saturated rings. The Hall–Kier alpha value is -3.80. The second-order valence-corrected chi connectivity index (χ2v) is 7.59. The van der Waals surface area contributed by atoms with E-state index >= 15 is 0 Å². The molecule has 2 aromatic heterocycles. The van der Waals surface area contributed by atoms with Gasteiger partial charge in [0.2, 0.25) is 0 Å². The molecule has 1 amide bonds. The Labute approximate surface area is 179 Å². The number of pyridine rings is 1. The highest BCUT2D eigenvalue weighted by atomic mass is 19.1. The fourth-order valence-electron chi connectivity index (χ4n) is 4.14. The highest BCUT2D eigenvalue weighted by Crippen LogP contribution is 2.29. The van der Waals surface area contributed by atoms with Crippen LogP contribution in [0.25, 0.3) is 5.69 Å². The second kappa shape index (κ2) is 8.14. The highest BCUT2D eigenvalue weighted by Gasteiger charge is 2.29. The molecule has 154 valence electrons. The van der Waals surface area contributed by atoms with E-state index in [0.29, 0.717) is 5.69 Å². The number of nitrogens with one attached hydrogen (secondary N) is 1. The van der Waals surface area contributed by atoms with Gasteiger partial charge >= 0.3 is 0 Å². The number of fused-ring (bicyclic) bond motifs is 1. The fraction of sp³-hybridized carbons (Fsp3) is 0.160. The van der Waals surface area contributed by atoms with Crippen LogP contribution in [0.3, 0.4) is 0 Å². The zero-order valence-electron chi connectivity index (χ0n) is 16.8. The van der Waals surface area contributed by atoms with Gasteiger partial charge in [-0.2, -0.15) is 5.10 Å². The number of carbonyl (C=O) groups excluding carboxylic acids is 1. The first-order chi connectivity index (χ1) is 15.2. The Morgan fingerprint density at radius 2 is 1.74 bits per heavy atom. The van der Waals surface area contributed by atoms with Crippen LogP contribution in [0.5, 0.6) is 0 Å². The molecule has 2 aromatic carbocycles. The van der Waals surface area contributed by atoms with Crippen LogP contribution >= 0.6 is 0 Å². The Morgan fingerprint density at radius 3 is 2.48 bits per heavy atom. The molecule has 1 unspecified atom stereocenters. The van der Waals surface area contributed by atoms with Crippen molar-refractivity contribution in [3.63, 3.8) is 0 Å². The molecule has 2 heterocycles. The van der Waals surface area contributed by atoms with Crippen molar-refractivity contribution in [3.05, 3.63) is 113 Å². The van der Waals surface area contributed by atoms with Crippen LogP contribution in [-0.4, -0.2) is 20.7 Å². The molecule has 1 atom stereocenters. The summed E-state index contributed by atoms with van der Waals surface area (Å²) in [7, 11) is 0. The van der Waals surface area contributed by atoms with Crippen LogP contribution in [0.2, 0.25) is 0 Å². The van der Waals surface area contributed by atoms with Crippen molar-refractivity contribution < 1.29 is 9.18 Å². The Kier molecular flexibility index (Phi) is 5.04. The van der Waals surface area contributed by atoms with Crippen molar-refractivity contribution >= 4 is 5.91 Å². The Morgan fingerprint density at radius 1 is 0.968 bits per heavy atom. The predicted molar refractivity (Wildman–Crippen MR) is 116 cm³/mol. The zero-order valence-corrected chi connectivity index (χ0v) is 16.8. The summed E-state index contributed by atoms with van der Waals surface area (Å²) in [6, 6.07) is 21.2. The maximum Gasteiger partial charge on any atom is 0.272 e. The lowest BCUT2D eigenvalue weighted by Crippen LogP contribution is -2.31. The Bertz CT molecular complexity index is 1160. The van der Waals surface area contributed by atoms with E-state index in [4.69, 9.17) is 0 Å². The molecule has 0 aliphatic heterocycles. The van der Waals surface area contributed by atoms with Crippen molar-refractivity contribution in [3.8, 4) is 5.69 Å². The van der Waals surface area contributed by atoms with Crippen LogP contribution < -0.4 is 5.32 Å². The fourth-order valence-corrected chi connectivity index (χ4v) is 4.14. The quantitative estimate of drug-likeness (QED) is 0.528. The van der Waals surface area contributed by atoms with Crippen molar-refractivity contribution in [2.45, 2.75) is 25.3 Å². The van der Waals surface area contributed by atoms with Crippen molar-refractivity contribution in [1.29, 1.82) is 0 Å². The van der Waals surface area contributed by atoms with E-state index in [2.05, 4.69) is 15.4 Å². The van der Waals surface area contributed by atoms with Gasteiger partial charge in [0.05, 0.1) is 17.4 Å². The Balaban J connectivity index is 1.51. The molecule has 6 heteroatoms. The van der Waals surface area contributed by atoms with Gasteiger partial charge in [0.1, 0.15) is 5.82 Å². The lowest BCUT2D eigenvalue weighted by Gasteiger charge is -2.18. The monoisotopic (exact) mass is 412 g/mol. The highest BCUT2D eigenvalue weighted by molar-refractivity contribution is 5.94. The van der Waals surface area contributed by atoms with Gasteiger partial charge in [-0.25, -0.2) is 9.07 Å². The number of hydrogen-bond acceptors (Lipinski definition) is 3. The van der Waals surface area contributed by atoms with Crippen molar-refractivity contribution in [2.24, 2.45) is 0 Å². The minimum Gasteiger partial charge on any atom is -0.338 e. The molecule has 1 N–H and O–H groups in total. The number of rotatable bonds is 5. The molecule has 0 saturated carbocycles. The first-order valence-electron chi connectivity index (χ1n) is 10.3. The van der Waals surface area contributed by atoms with Gasteiger partial charge in [0, 0.05) is 17.5 Å². The minimum atomic E-state index is -0.386. The average molecular weight is 412 g/mol. The summed E-state index contributed by atoms with van der Waals surface area (Å²) >= 11 is 0. The topological polar surface area (TPSA) is 59.8 Å². The van der Waals surface area contributed by atoms with Gasteiger partial charge in [-0.05, 0) is 61.2 Å². The van der Waals surface area contributed by atoms with E-state index in [1.807, 2.05) is 48.5 Å². The largest absolute Gasteiger partial charge is 0.338 e. The number of halogens is 1.